The number of hydrogen-bond donors (Lipinski definition) is 2. The van der Waals surface area contributed by atoms with Gasteiger partial charge in [-0.2, -0.15) is 0 Å². The Morgan fingerprint density at radius 1 is 0.659 bits per heavy atom. The number of hydrogen-bond acceptors (Lipinski definition) is 6. The van der Waals surface area contributed by atoms with Crippen LogP contribution in [0.25, 0.3) is 44.8 Å². The van der Waals surface area contributed by atoms with E-state index in [0.717, 1.165) is 25.9 Å². The molecule has 5 aromatic rings. The Bertz CT molecular complexity index is 1660. The smallest absolute Gasteiger partial charge is 0.167 e. The van der Waals surface area contributed by atoms with Crippen molar-refractivity contribution in [3.63, 3.8) is 0 Å². The van der Waals surface area contributed by atoms with Gasteiger partial charge in [0.1, 0.15) is 17.5 Å². The van der Waals surface area contributed by atoms with Crippen LogP contribution in [-0.2, 0) is 0 Å². The Kier molecular flexibility index (Phi) is 8.46. The number of nitrogens with one attached hydrogen (secondary N) is 2. The fourth-order valence-corrected chi connectivity index (χ4v) is 4.49. The Hall–Kier alpha value is -4.09. The van der Waals surface area contributed by atoms with Crippen molar-refractivity contribution in [1.29, 1.82) is 0 Å². The maximum Gasteiger partial charge on any atom is 0.167 e. The Balaban J connectivity index is 1.34. The van der Waals surface area contributed by atoms with Gasteiger partial charge in [-0.3, -0.25) is 0 Å². The molecule has 0 atom stereocenters. The predicted octanol–water partition coefficient (Wildman–Crippen LogP) is 5.85. The van der Waals surface area contributed by atoms with E-state index in [9.17, 15) is 8.78 Å². The van der Waals surface area contributed by atoms with E-state index >= 15 is 4.39 Å². The van der Waals surface area contributed by atoms with Gasteiger partial charge in [-0.05, 0) is 53.2 Å². The molecule has 0 amide bonds. The Morgan fingerprint density at radius 3 is 1.68 bits per heavy atom. The number of fused-ring (bicyclic) bond motifs is 2. The van der Waals surface area contributed by atoms with E-state index in [1.165, 1.54) is 24.3 Å². The molecule has 0 aliphatic rings. The molecule has 2 heterocycles. The monoisotopic (exact) mass is 566 g/mol. The molecule has 5 rings (SSSR count). The van der Waals surface area contributed by atoms with Crippen molar-refractivity contribution in [2.24, 2.45) is 0 Å². The highest BCUT2D eigenvalue weighted by Gasteiger charge is 2.16. The zero-order valence-electron chi connectivity index (χ0n) is 23.5. The van der Waals surface area contributed by atoms with Gasteiger partial charge in [0, 0.05) is 42.9 Å². The van der Waals surface area contributed by atoms with Crippen molar-refractivity contribution in [3.8, 4) is 34.3 Å². The summed E-state index contributed by atoms with van der Waals surface area (Å²) >= 11 is 0. The van der Waals surface area contributed by atoms with Gasteiger partial charge in [-0.1, -0.05) is 6.07 Å². The van der Waals surface area contributed by atoms with Gasteiger partial charge in [-0.25, -0.2) is 23.1 Å². The number of imidazole rings is 2. The Labute approximate surface area is 236 Å². The predicted molar refractivity (Wildman–Crippen MR) is 154 cm³/mol. The van der Waals surface area contributed by atoms with Crippen molar-refractivity contribution in [1.82, 2.24) is 29.7 Å². The number of aromatic amines is 2. The standard InChI is InChI=1S/C30H33F3N6O2/c1-38(2)9-5-11-40-27-16-25-23(14-21(27)32)34-29(35-25)18-7-8-19(20(31)13-18)30-36-24-15-22(33)28(17-26(24)37-30)41-12-6-10-39(3)4/h7-8,13-17H,5-6,9-12H2,1-4H3,(H,34,35)(H,36,37). The van der Waals surface area contributed by atoms with Crippen LogP contribution in [0.3, 0.4) is 0 Å². The molecule has 2 N–H and O–H groups in total. The molecule has 0 radical (unpaired) electrons. The lowest BCUT2D eigenvalue weighted by Crippen LogP contribution is -2.15. The summed E-state index contributed by atoms with van der Waals surface area (Å²) in [5.74, 6) is -0.681. The van der Waals surface area contributed by atoms with Crippen molar-refractivity contribution < 1.29 is 22.6 Å². The highest BCUT2D eigenvalue weighted by atomic mass is 19.1. The van der Waals surface area contributed by atoms with Gasteiger partial charge in [0.15, 0.2) is 23.1 Å². The molecule has 0 aliphatic carbocycles. The lowest BCUT2D eigenvalue weighted by molar-refractivity contribution is 0.271. The normalized spacial score (nSPS) is 11.8. The van der Waals surface area contributed by atoms with E-state index in [1.54, 1.807) is 18.2 Å². The number of benzene rings is 3. The summed E-state index contributed by atoms with van der Waals surface area (Å²) in [6, 6.07) is 10.3. The molecule has 11 heteroatoms. The van der Waals surface area contributed by atoms with E-state index in [2.05, 4.69) is 19.9 Å². The fraction of sp³-hybridized carbons (Fsp3) is 0.333. The van der Waals surface area contributed by atoms with Crippen LogP contribution in [0.15, 0.2) is 42.5 Å². The molecule has 8 nitrogen and oxygen atoms in total. The molecule has 0 bridgehead atoms. The zero-order valence-corrected chi connectivity index (χ0v) is 23.5. The quantitative estimate of drug-likeness (QED) is 0.184. The molecule has 3 aromatic carbocycles. The molecule has 0 aliphatic heterocycles. The summed E-state index contributed by atoms with van der Waals surface area (Å²) in [5.41, 5.74) is 2.57. The van der Waals surface area contributed by atoms with Gasteiger partial charge in [0.2, 0.25) is 0 Å². The summed E-state index contributed by atoms with van der Waals surface area (Å²) < 4.78 is 55.7. The zero-order chi connectivity index (χ0) is 29.1. The Morgan fingerprint density at radius 2 is 1.17 bits per heavy atom. The first-order valence-electron chi connectivity index (χ1n) is 13.4. The summed E-state index contributed by atoms with van der Waals surface area (Å²) in [5, 5.41) is 0. The second-order valence-corrected chi connectivity index (χ2v) is 10.5. The van der Waals surface area contributed by atoms with Crippen molar-refractivity contribution >= 4 is 22.1 Å². The number of aromatic nitrogens is 4. The van der Waals surface area contributed by atoms with Crippen molar-refractivity contribution in [2.75, 3.05) is 54.5 Å². The minimum absolute atomic E-state index is 0.116. The van der Waals surface area contributed by atoms with E-state index in [0.29, 0.717) is 46.7 Å². The van der Waals surface area contributed by atoms with E-state index in [4.69, 9.17) is 9.47 Å². The summed E-state index contributed by atoms with van der Waals surface area (Å²) in [6.07, 6.45) is 1.51. The minimum atomic E-state index is -0.543. The van der Waals surface area contributed by atoms with Crippen LogP contribution in [-0.4, -0.2) is 84.2 Å². The molecule has 0 unspecified atom stereocenters. The second-order valence-electron chi connectivity index (χ2n) is 10.5. The SMILES string of the molecule is CN(C)CCCOc1cc2[nH]c(-c3ccc(-c4nc5cc(F)c(OCCCN(C)C)cc5[nH]4)c(F)c3)nc2cc1F. The summed E-state index contributed by atoms with van der Waals surface area (Å²) in [4.78, 5) is 19.1. The first-order chi connectivity index (χ1) is 19.7. The lowest BCUT2D eigenvalue weighted by atomic mass is 10.1. The average molecular weight is 567 g/mol. The summed E-state index contributed by atoms with van der Waals surface area (Å²) in [7, 11) is 7.85. The average Bonchev–Trinajstić information content (AvgIpc) is 3.52. The molecule has 0 spiro atoms. The third-order valence-electron chi connectivity index (χ3n) is 6.58. The van der Waals surface area contributed by atoms with Crippen LogP contribution in [0.5, 0.6) is 11.5 Å². The molecular formula is C30H33F3N6O2. The molecule has 2 aromatic heterocycles. The van der Waals surface area contributed by atoms with Crippen molar-refractivity contribution in [2.45, 2.75) is 12.8 Å². The molecule has 0 saturated carbocycles. The van der Waals surface area contributed by atoms with Gasteiger partial charge in [0.05, 0.1) is 40.8 Å². The van der Waals surface area contributed by atoms with Crippen LogP contribution < -0.4 is 9.47 Å². The summed E-state index contributed by atoms with van der Waals surface area (Å²) in [6.45, 7) is 2.41. The topological polar surface area (TPSA) is 82.3 Å². The van der Waals surface area contributed by atoms with E-state index in [-0.39, 0.29) is 22.9 Å². The first-order valence-corrected chi connectivity index (χ1v) is 13.4. The van der Waals surface area contributed by atoms with Crippen LogP contribution in [0.4, 0.5) is 13.2 Å². The number of halogens is 3. The van der Waals surface area contributed by atoms with E-state index in [1.807, 2.05) is 38.0 Å². The third kappa shape index (κ3) is 6.63. The molecule has 41 heavy (non-hydrogen) atoms. The highest BCUT2D eigenvalue weighted by Crippen LogP contribution is 2.31. The number of nitrogens with zero attached hydrogens (tertiary/aromatic N) is 4. The van der Waals surface area contributed by atoms with Crippen LogP contribution in [0.1, 0.15) is 12.8 Å². The van der Waals surface area contributed by atoms with E-state index < -0.39 is 17.5 Å². The second kappa shape index (κ2) is 12.2. The largest absolute Gasteiger partial charge is 0.490 e. The lowest BCUT2D eigenvalue weighted by Gasteiger charge is -2.10. The third-order valence-corrected chi connectivity index (χ3v) is 6.58. The van der Waals surface area contributed by atoms with Crippen molar-refractivity contribution in [3.05, 3.63) is 59.9 Å². The maximum absolute atomic E-state index is 15.3. The van der Waals surface area contributed by atoms with Crippen LogP contribution >= 0.6 is 0 Å². The number of ether oxygens (including phenoxy) is 2. The molecule has 0 saturated heterocycles. The molecular weight excluding hydrogens is 533 g/mol. The van der Waals surface area contributed by atoms with Crippen LogP contribution in [0, 0.1) is 17.5 Å². The number of rotatable bonds is 12. The van der Waals surface area contributed by atoms with Crippen LogP contribution in [0.2, 0.25) is 0 Å². The maximum atomic E-state index is 15.3. The highest BCUT2D eigenvalue weighted by molar-refractivity contribution is 5.83. The van der Waals surface area contributed by atoms with Gasteiger partial charge in [0.25, 0.3) is 0 Å². The molecule has 0 fully saturated rings. The first kappa shape index (κ1) is 28.4. The molecule has 216 valence electrons. The van der Waals surface area contributed by atoms with Gasteiger partial charge in [-0.15, -0.1) is 0 Å². The minimum Gasteiger partial charge on any atom is -0.490 e. The van der Waals surface area contributed by atoms with Gasteiger partial charge >= 0.3 is 0 Å². The number of H-pyrrole nitrogens is 2. The van der Waals surface area contributed by atoms with Gasteiger partial charge < -0.3 is 29.2 Å². The fourth-order valence-electron chi connectivity index (χ4n) is 4.49.